The Morgan fingerprint density at radius 1 is 0.674 bits per heavy atom. The van der Waals surface area contributed by atoms with E-state index in [9.17, 15) is 9.59 Å². The maximum absolute atomic E-state index is 13.6. The largest absolute Gasteiger partial charge is 0.514 e. The average molecular weight is 1240 g/mol. The van der Waals surface area contributed by atoms with Gasteiger partial charge in [0.1, 0.15) is 29.4 Å². The van der Waals surface area contributed by atoms with Crippen molar-refractivity contribution in [2.45, 2.75) is 201 Å². The number of carbonyl (C=O) groups is 2. The second-order valence-electron chi connectivity index (χ2n) is 29.8. The van der Waals surface area contributed by atoms with Gasteiger partial charge in [-0.3, -0.25) is 4.99 Å². The molecule has 0 N–H and O–H groups in total. The number of piperidine rings is 1. The van der Waals surface area contributed by atoms with Crippen molar-refractivity contribution in [3.8, 4) is 39.5 Å². The van der Waals surface area contributed by atoms with Crippen molar-refractivity contribution in [3.05, 3.63) is 144 Å². The normalized spacial score (nSPS) is 27.5. The zero-order valence-corrected chi connectivity index (χ0v) is 56.6. The Morgan fingerprint density at radius 3 is 2.10 bits per heavy atom. The fraction of sp³-hybridized carbons (Fsp3) is 0.524. The van der Waals surface area contributed by atoms with Crippen LogP contribution in [0, 0.1) is 46.3 Å². The zero-order chi connectivity index (χ0) is 63.9. The molecule has 6 aromatic carbocycles. The number of fused-ring (bicyclic) bond motifs is 9. The van der Waals surface area contributed by atoms with Crippen LogP contribution in [-0.4, -0.2) is 62.5 Å². The van der Waals surface area contributed by atoms with Gasteiger partial charge < -0.3 is 33.5 Å². The SMILES string of the molecule is CCCCCCOc1ccc(-c2ccc(C(=O)OC3CCN(c4cc5c(c6ccccc46)N=CC4(O5)N(CC)c5ccc(-c6ccc(OC(=O)OC7CCC8(C)C(=CCC9C8CCC8(C)C(C(C)CCCC(C)C)CCC98)C7)cc6)cc5C4(C)CC)CC3)cc2)cc1. The monoisotopic (exact) mass is 1240 g/mol. The number of ether oxygens (including phenoxy) is 5. The Hall–Kier alpha value is -7.07. The van der Waals surface area contributed by atoms with Gasteiger partial charge in [-0.2, -0.15) is 0 Å². The summed E-state index contributed by atoms with van der Waals surface area (Å²) < 4.78 is 31.8. The van der Waals surface area contributed by atoms with Crippen molar-refractivity contribution in [2.24, 2.45) is 51.3 Å². The van der Waals surface area contributed by atoms with E-state index in [1.165, 1.54) is 81.8 Å². The van der Waals surface area contributed by atoms with E-state index in [-0.39, 0.29) is 23.6 Å². The van der Waals surface area contributed by atoms with Crippen LogP contribution in [0.15, 0.2) is 138 Å². The molecule has 3 heterocycles. The Morgan fingerprint density at radius 2 is 1.38 bits per heavy atom. The molecular formula is C82H101N3O7. The zero-order valence-electron chi connectivity index (χ0n) is 56.6. The molecule has 10 unspecified atom stereocenters. The molecule has 0 amide bonds. The third-order valence-electron chi connectivity index (χ3n) is 24.2. The summed E-state index contributed by atoms with van der Waals surface area (Å²) in [4.78, 5) is 37.3. The summed E-state index contributed by atoms with van der Waals surface area (Å²) in [6.45, 7) is 24.4. The molecule has 0 radical (unpaired) electrons. The molecule has 6 aromatic rings. The molecule has 4 fully saturated rings. The fourth-order valence-corrected chi connectivity index (χ4v) is 18.8. The highest BCUT2D eigenvalue weighted by atomic mass is 16.7. The minimum Gasteiger partial charge on any atom is -0.494 e. The molecule has 92 heavy (non-hydrogen) atoms. The van der Waals surface area contributed by atoms with E-state index in [0.717, 1.165) is 149 Å². The molecule has 10 nitrogen and oxygen atoms in total. The number of rotatable bonds is 20. The van der Waals surface area contributed by atoms with Gasteiger partial charge in [0.25, 0.3) is 0 Å². The van der Waals surface area contributed by atoms with Crippen LogP contribution in [0.2, 0.25) is 0 Å². The number of allylic oxidation sites excluding steroid dienone is 1. The Kier molecular flexibility index (Phi) is 18.3. The topological polar surface area (TPSA) is 99.1 Å². The Balaban J connectivity index is 0.636. The molecule has 1 spiro atoms. The molecule has 10 heteroatoms. The highest BCUT2D eigenvalue weighted by Gasteiger charge is 2.62. The number of carbonyl (C=O) groups excluding carboxylic acids is 2. The molecule has 0 bridgehead atoms. The summed E-state index contributed by atoms with van der Waals surface area (Å²) in [5.41, 5.74) is 9.82. The first-order valence-corrected chi connectivity index (χ1v) is 35.8. The quantitative estimate of drug-likeness (QED) is 0.0320. The van der Waals surface area contributed by atoms with Crippen molar-refractivity contribution >= 4 is 46.2 Å². The average Bonchev–Trinajstić information content (AvgIpc) is 1.51. The van der Waals surface area contributed by atoms with Crippen LogP contribution in [0.25, 0.3) is 33.0 Å². The fourth-order valence-electron chi connectivity index (χ4n) is 18.8. The second kappa shape index (κ2) is 26.4. The number of aliphatic imine (C=N–C) groups is 1. The van der Waals surface area contributed by atoms with Crippen molar-refractivity contribution in [2.75, 3.05) is 36.0 Å². The van der Waals surface area contributed by atoms with Gasteiger partial charge >= 0.3 is 12.1 Å². The van der Waals surface area contributed by atoms with Crippen LogP contribution < -0.4 is 24.0 Å². The molecule has 7 aliphatic rings. The maximum Gasteiger partial charge on any atom is 0.514 e. The molecule has 4 aliphatic carbocycles. The van der Waals surface area contributed by atoms with Crippen molar-refractivity contribution in [1.29, 1.82) is 0 Å². The second-order valence-corrected chi connectivity index (χ2v) is 29.8. The lowest BCUT2D eigenvalue weighted by Gasteiger charge is -2.58. The van der Waals surface area contributed by atoms with Gasteiger partial charge in [-0.15, -0.1) is 0 Å². The van der Waals surface area contributed by atoms with Gasteiger partial charge in [0.05, 0.1) is 23.8 Å². The lowest BCUT2D eigenvalue weighted by Crippen LogP contribution is -2.63. The standard InChI is InChI=1S/C82H101N3O7/c1-10-13-14-17-49-88-62-33-27-57(28-34-62)56-23-25-59(26-24-56)77(86)89-64-43-47-84(48-44-64)74-52-75-76(67-22-16-15-21-66(67)74)83-53-82(92-75)81(9,11-2)72-50-60(31-40-73(72)85(82)12-3)58-29-35-63(36-30-58)90-78(87)91-65-41-45-79(7)61(51-65)32-37-68-70-39-38-69(55(6)20-18-19-54(4)5)80(70,8)46-42-71(68)79/h15-16,21-36,40,50,52-55,64-65,68-71H,10-14,17-20,37-39,41-49,51H2,1-9H3. The highest BCUT2D eigenvalue weighted by molar-refractivity contribution is 6.06. The summed E-state index contributed by atoms with van der Waals surface area (Å²) in [6.07, 6.45) is 24.1. The summed E-state index contributed by atoms with van der Waals surface area (Å²) in [6, 6.07) is 41.2. The van der Waals surface area contributed by atoms with Gasteiger partial charge in [0, 0.05) is 67.1 Å². The van der Waals surface area contributed by atoms with E-state index < -0.39 is 17.3 Å². The summed E-state index contributed by atoms with van der Waals surface area (Å²) >= 11 is 0. The van der Waals surface area contributed by atoms with Crippen LogP contribution in [0.3, 0.4) is 0 Å². The number of esters is 1. The van der Waals surface area contributed by atoms with Crippen molar-refractivity contribution in [3.63, 3.8) is 0 Å². The van der Waals surface area contributed by atoms with Crippen molar-refractivity contribution in [1.82, 2.24) is 0 Å². The molecule has 3 saturated carbocycles. The minimum absolute atomic E-state index is 0.173. The number of unbranched alkanes of at least 4 members (excludes halogenated alkanes) is 3. The molecule has 10 atom stereocenters. The first kappa shape index (κ1) is 63.7. The predicted molar refractivity (Wildman–Crippen MR) is 374 cm³/mol. The number of nitrogens with zero attached hydrogens (tertiary/aromatic N) is 3. The first-order chi connectivity index (χ1) is 44.6. The molecule has 0 aromatic heterocycles. The molecule has 3 aliphatic heterocycles. The van der Waals surface area contributed by atoms with E-state index in [0.29, 0.717) is 36.1 Å². The predicted octanol–water partition coefficient (Wildman–Crippen LogP) is 20.9. The van der Waals surface area contributed by atoms with E-state index >= 15 is 0 Å². The van der Waals surface area contributed by atoms with Crippen LogP contribution in [0.1, 0.15) is 194 Å². The summed E-state index contributed by atoms with van der Waals surface area (Å²) in [5, 5.41) is 2.16. The first-order valence-electron chi connectivity index (χ1n) is 35.8. The number of hydrogen-bond donors (Lipinski definition) is 0. The number of likely N-dealkylation sites (N-methyl/N-ethyl adjacent to an activating group) is 1. The smallest absolute Gasteiger partial charge is 0.494 e. The molecule has 1 saturated heterocycles. The van der Waals surface area contributed by atoms with E-state index in [1.54, 1.807) is 0 Å². The minimum atomic E-state index is -0.899. The van der Waals surface area contributed by atoms with Crippen molar-refractivity contribution < 1.29 is 33.3 Å². The Bertz CT molecular complexity index is 3680. The van der Waals surface area contributed by atoms with E-state index in [1.807, 2.05) is 60.7 Å². The van der Waals surface area contributed by atoms with Gasteiger partial charge in [-0.25, -0.2) is 9.59 Å². The van der Waals surface area contributed by atoms with Crippen LogP contribution in [0.5, 0.6) is 17.2 Å². The van der Waals surface area contributed by atoms with E-state index in [4.69, 9.17) is 28.7 Å². The van der Waals surface area contributed by atoms with Crippen LogP contribution in [0.4, 0.5) is 21.9 Å². The van der Waals surface area contributed by atoms with Crippen LogP contribution in [-0.2, 0) is 14.9 Å². The van der Waals surface area contributed by atoms with Gasteiger partial charge in [-0.1, -0.05) is 165 Å². The lowest BCUT2D eigenvalue weighted by atomic mass is 9.47. The Labute approximate surface area is 548 Å². The van der Waals surface area contributed by atoms with Gasteiger partial charge in [0.15, 0.2) is 5.75 Å². The van der Waals surface area contributed by atoms with Crippen LogP contribution >= 0.6 is 0 Å². The number of hydrogen-bond acceptors (Lipinski definition) is 10. The third kappa shape index (κ3) is 11.8. The molecular weight excluding hydrogens is 1140 g/mol. The number of anilines is 2. The number of benzene rings is 6. The highest BCUT2D eigenvalue weighted by Crippen LogP contribution is 2.68. The maximum atomic E-state index is 13.6. The molecule has 486 valence electrons. The summed E-state index contributed by atoms with van der Waals surface area (Å²) in [7, 11) is 0. The third-order valence-corrected chi connectivity index (χ3v) is 24.2. The summed E-state index contributed by atoms with van der Waals surface area (Å²) in [5.74, 6) is 6.61. The van der Waals surface area contributed by atoms with E-state index in [2.05, 4.69) is 145 Å². The van der Waals surface area contributed by atoms with Gasteiger partial charge in [-0.05, 0) is 194 Å². The van der Waals surface area contributed by atoms with Gasteiger partial charge in [0.2, 0.25) is 5.72 Å². The lowest BCUT2D eigenvalue weighted by molar-refractivity contribution is -0.0597. The molecule has 13 rings (SSSR count).